The van der Waals surface area contributed by atoms with Gasteiger partial charge in [-0.15, -0.1) is 0 Å². The van der Waals surface area contributed by atoms with Gasteiger partial charge in [0.1, 0.15) is 5.15 Å². The molecule has 0 saturated heterocycles. The Morgan fingerprint density at radius 3 is 2.40 bits per heavy atom. The van der Waals surface area contributed by atoms with Gasteiger partial charge in [0.2, 0.25) is 0 Å². The minimum atomic E-state index is 0.461. The molecule has 3 aromatic rings. The highest BCUT2D eigenvalue weighted by Gasteiger charge is 2.06. The van der Waals surface area contributed by atoms with Gasteiger partial charge in [-0.2, -0.15) is 0 Å². The lowest BCUT2D eigenvalue weighted by Crippen LogP contribution is -1.97. The number of rotatable bonds is 3. The van der Waals surface area contributed by atoms with Crippen LogP contribution < -0.4 is 0 Å². The van der Waals surface area contributed by atoms with Gasteiger partial charge in [0.25, 0.3) is 0 Å². The summed E-state index contributed by atoms with van der Waals surface area (Å²) in [4.78, 5) is 12.9. The van der Waals surface area contributed by atoms with Crippen LogP contribution in [-0.4, -0.2) is 15.0 Å². The lowest BCUT2D eigenvalue weighted by atomic mass is 10.1. The smallest absolute Gasteiger partial charge is 0.161 e. The Bertz CT molecular complexity index is 699. The van der Waals surface area contributed by atoms with E-state index in [2.05, 4.69) is 15.0 Å². The van der Waals surface area contributed by atoms with E-state index in [1.54, 1.807) is 18.5 Å². The summed E-state index contributed by atoms with van der Waals surface area (Å²) in [7, 11) is 0. The Morgan fingerprint density at radius 1 is 0.900 bits per heavy atom. The number of nitrogens with zero attached hydrogens (tertiary/aromatic N) is 3. The van der Waals surface area contributed by atoms with Crippen molar-refractivity contribution in [2.45, 2.75) is 6.42 Å². The minimum Gasteiger partial charge on any atom is -0.265 e. The molecule has 0 aliphatic rings. The molecule has 0 bridgehead atoms. The molecule has 0 N–H and O–H groups in total. The van der Waals surface area contributed by atoms with Crippen molar-refractivity contribution in [2.24, 2.45) is 0 Å². The molecule has 0 fully saturated rings. The zero-order valence-corrected chi connectivity index (χ0v) is 11.5. The molecule has 0 amide bonds. The average molecular weight is 282 g/mol. The number of pyridine rings is 1. The average Bonchev–Trinajstić information content (AvgIpc) is 2.49. The molecular weight excluding hydrogens is 270 g/mol. The fraction of sp³-hybridized carbons (Fsp3) is 0.0625. The van der Waals surface area contributed by atoms with Gasteiger partial charge in [-0.3, -0.25) is 4.98 Å². The van der Waals surface area contributed by atoms with Crippen LogP contribution in [-0.2, 0) is 6.42 Å². The van der Waals surface area contributed by atoms with E-state index in [4.69, 9.17) is 11.6 Å². The van der Waals surface area contributed by atoms with Crippen LogP contribution in [0.1, 0.15) is 11.3 Å². The number of hydrogen-bond acceptors (Lipinski definition) is 3. The summed E-state index contributed by atoms with van der Waals surface area (Å²) in [5.74, 6) is 0.655. The predicted molar refractivity (Wildman–Crippen MR) is 79.5 cm³/mol. The van der Waals surface area contributed by atoms with Gasteiger partial charge < -0.3 is 0 Å². The summed E-state index contributed by atoms with van der Waals surface area (Å²) >= 11 is 6.10. The maximum absolute atomic E-state index is 6.10. The summed E-state index contributed by atoms with van der Waals surface area (Å²) in [5, 5.41) is 0.461. The fourth-order valence-electron chi connectivity index (χ4n) is 1.98. The van der Waals surface area contributed by atoms with Crippen molar-refractivity contribution in [1.29, 1.82) is 0 Å². The number of benzene rings is 1. The Kier molecular flexibility index (Phi) is 3.70. The van der Waals surface area contributed by atoms with Crippen LogP contribution in [0.3, 0.4) is 0 Å². The van der Waals surface area contributed by atoms with Crippen LogP contribution >= 0.6 is 11.6 Å². The van der Waals surface area contributed by atoms with E-state index < -0.39 is 0 Å². The van der Waals surface area contributed by atoms with Gasteiger partial charge in [-0.1, -0.05) is 41.9 Å². The third-order valence-corrected chi connectivity index (χ3v) is 3.11. The lowest BCUT2D eigenvalue weighted by molar-refractivity contribution is 1.03. The highest BCUT2D eigenvalue weighted by Crippen LogP contribution is 2.19. The van der Waals surface area contributed by atoms with Crippen molar-refractivity contribution in [2.75, 3.05) is 0 Å². The lowest BCUT2D eigenvalue weighted by Gasteiger charge is -2.05. The first-order valence-electron chi connectivity index (χ1n) is 6.29. The Labute approximate surface area is 122 Å². The van der Waals surface area contributed by atoms with Crippen molar-refractivity contribution < 1.29 is 0 Å². The normalized spacial score (nSPS) is 10.4. The topological polar surface area (TPSA) is 38.7 Å². The molecule has 20 heavy (non-hydrogen) atoms. The standard InChI is InChI=1S/C16H12ClN3/c17-15-11-14(10-12-6-8-18-9-7-12)19-16(20-15)13-4-2-1-3-5-13/h1-9,11H,10H2. The summed E-state index contributed by atoms with van der Waals surface area (Å²) in [6.45, 7) is 0. The molecule has 3 rings (SSSR count). The largest absolute Gasteiger partial charge is 0.265 e. The van der Waals surface area contributed by atoms with Gasteiger partial charge in [0.05, 0.1) is 5.69 Å². The van der Waals surface area contributed by atoms with E-state index in [-0.39, 0.29) is 0 Å². The van der Waals surface area contributed by atoms with Gasteiger partial charge in [-0.05, 0) is 23.8 Å². The van der Waals surface area contributed by atoms with E-state index >= 15 is 0 Å². The molecule has 0 aliphatic heterocycles. The van der Waals surface area contributed by atoms with Crippen molar-refractivity contribution in [3.63, 3.8) is 0 Å². The third kappa shape index (κ3) is 3.00. The quantitative estimate of drug-likeness (QED) is 0.686. The molecule has 2 aromatic heterocycles. The molecule has 98 valence electrons. The van der Waals surface area contributed by atoms with Crippen LogP contribution in [0.4, 0.5) is 0 Å². The van der Waals surface area contributed by atoms with Gasteiger partial charge in [0.15, 0.2) is 5.82 Å². The molecule has 0 aliphatic carbocycles. The van der Waals surface area contributed by atoms with Crippen molar-refractivity contribution in [1.82, 2.24) is 15.0 Å². The van der Waals surface area contributed by atoms with Gasteiger partial charge >= 0.3 is 0 Å². The predicted octanol–water partition coefficient (Wildman–Crippen LogP) is 3.78. The molecular formula is C16H12ClN3. The number of aromatic nitrogens is 3. The number of hydrogen-bond donors (Lipinski definition) is 0. The highest BCUT2D eigenvalue weighted by atomic mass is 35.5. The Hall–Kier alpha value is -2.26. The fourth-order valence-corrected chi connectivity index (χ4v) is 2.19. The van der Waals surface area contributed by atoms with Gasteiger partial charge in [-0.25, -0.2) is 9.97 Å². The number of halogens is 1. The zero-order valence-electron chi connectivity index (χ0n) is 10.7. The highest BCUT2D eigenvalue weighted by molar-refractivity contribution is 6.29. The van der Waals surface area contributed by atoms with E-state index in [9.17, 15) is 0 Å². The molecule has 4 heteroatoms. The Balaban J connectivity index is 1.95. The van der Waals surface area contributed by atoms with Crippen molar-refractivity contribution in [3.8, 4) is 11.4 Å². The molecule has 0 radical (unpaired) electrons. The first-order valence-corrected chi connectivity index (χ1v) is 6.67. The minimum absolute atomic E-state index is 0.461. The van der Waals surface area contributed by atoms with E-state index in [1.807, 2.05) is 42.5 Å². The van der Waals surface area contributed by atoms with E-state index in [0.29, 0.717) is 17.4 Å². The molecule has 0 saturated carbocycles. The third-order valence-electron chi connectivity index (χ3n) is 2.91. The van der Waals surface area contributed by atoms with Crippen LogP contribution in [0, 0.1) is 0 Å². The van der Waals surface area contributed by atoms with Gasteiger partial charge in [0, 0.05) is 24.4 Å². The van der Waals surface area contributed by atoms with Crippen LogP contribution in [0.5, 0.6) is 0 Å². The first-order chi connectivity index (χ1) is 9.81. The Morgan fingerprint density at radius 2 is 1.65 bits per heavy atom. The van der Waals surface area contributed by atoms with Crippen molar-refractivity contribution in [3.05, 3.63) is 77.3 Å². The van der Waals surface area contributed by atoms with Crippen LogP contribution in [0.15, 0.2) is 60.9 Å². The second-order valence-electron chi connectivity index (χ2n) is 4.40. The summed E-state index contributed by atoms with van der Waals surface area (Å²) in [6, 6.07) is 15.6. The second-order valence-corrected chi connectivity index (χ2v) is 4.79. The van der Waals surface area contributed by atoms with Crippen LogP contribution in [0.2, 0.25) is 5.15 Å². The SMILES string of the molecule is Clc1cc(Cc2ccncc2)nc(-c2ccccc2)n1. The van der Waals surface area contributed by atoms with Crippen molar-refractivity contribution >= 4 is 11.6 Å². The zero-order chi connectivity index (χ0) is 13.8. The summed E-state index contributed by atoms with van der Waals surface area (Å²) in [6.07, 6.45) is 4.26. The second kappa shape index (κ2) is 5.80. The molecule has 2 heterocycles. The maximum Gasteiger partial charge on any atom is 0.161 e. The summed E-state index contributed by atoms with van der Waals surface area (Å²) < 4.78 is 0. The maximum atomic E-state index is 6.10. The van der Waals surface area contributed by atoms with E-state index in [0.717, 1.165) is 16.8 Å². The van der Waals surface area contributed by atoms with E-state index in [1.165, 1.54) is 0 Å². The molecule has 3 nitrogen and oxygen atoms in total. The first kappa shape index (κ1) is 12.8. The molecule has 0 atom stereocenters. The molecule has 0 unspecified atom stereocenters. The molecule has 0 spiro atoms. The molecule has 1 aromatic carbocycles. The van der Waals surface area contributed by atoms with Crippen LogP contribution in [0.25, 0.3) is 11.4 Å². The summed E-state index contributed by atoms with van der Waals surface area (Å²) in [5.41, 5.74) is 3.01. The monoisotopic (exact) mass is 281 g/mol.